The molecule has 0 spiro atoms. The zero-order valence-electron chi connectivity index (χ0n) is 16.5. The van der Waals surface area contributed by atoms with Crippen LogP contribution in [0, 0.1) is 0 Å². The molecule has 4 rings (SSSR count). The number of rotatable bonds is 6. The molecule has 0 radical (unpaired) electrons. The minimum atomic E-state index is -0.228. The molecule has 0 fully saturated rings. The van der Waals surface area contributed by atoms with Crippen LogP contribution in [0.15, 0.2) is 77.6 Å². The zero-order chi connectivity index (χ0) is 21.8. The van der Waals surface area contributed by atoms with Crippen molar-refractivity contribution in [2.24, 2.45) is 0 Å². The number of hydrogen-bond acceptors (Lipinski definition) is 3. The molecule has 7 heteroatoms. The lowest BCUT2D eigenvalue weighted by Gasteiger charge is -2.23. The molecule has 1 N–H and O–H groups in total. The van der Waals surface area contributed by atoms with Gasteiger partial charge in [0.05, 0.1) is 17.4 Å². The van der Waals surface area contributed by atoms with Gasteiger partial charge >= 0.3 is 0 Å². The first-order valence-corrected chi connectivity index (χ1v) is 10.5. The molecule has 3 aromatic carbocycles. The van der Waals surface area contributed by atoms with Crippen molar-refractivity contribution in [1.82, 2.24) is 14.9 Å². The van der Waals surface area contributed by atoms with E-state index in [0.717, 1.165) is 5.56 Å². The number of nitrogens with one attached hydrogen (secondary N) is 1. The van der Waals surface area contributed by atoms with Gasteiger partial charge in [-0.15, -0.1) is 0 Å². The molecular weight excluding hydrogens is 433 g/mol. The van der Waals surface area contributed by atoms with Crippen molar-refractivity contribution in [2.75, 3.05) is 6.54 Å². The van der Waals surface area contributed by atoms with E-state index in [9.17, 15) is 9.59 Å². The van der Waals surface area contributed by atoms with E-state index in [-0.39, 0.29) is 18.0 Å². The average molecular weight is 452 g/mol. The number of nitrogens with zero attached hydrogens (tertiary/aromatic N) is 2. The Hall–Kier alpha value is -3.15. The first-order valence-electron chi connectivity index (χ1n) is 9.77. The number of aromatic amines is 1. The number of carbonyl (C=O) groups excluding carboxylic acids is 1. The lowest BCUT2D eigenvalue weighted by Crippen LogP contribution is -2.34. The highest BCUT2D eigenvalue weighted by Gasteiger charge is 2.18. The van der Waals surface area contributed by atoms with Gasteiger partial charge in [0.15, 0.2) is 0 Å². The van der Waals surface area contributed by atoms with Crippen LogP contribution in [0.25, 0.3) is 10.9 Å². The molecular formula is C24H19Cl2N3O2. The van der Waals surface area contributed by atoms with Gasteiger partial charge in [-0.3, -0.25) is 9.59 Å². The summed E-state index contributed by atoms with van der Waals surface area (Å²) < 4.78 is 0. The third-order valence-electron chi connectivity index (χ3n) is 4.94. The summed E-state index contributed by atoms with van der Waals surface area (Å²) in [4.78, 5) is 34.7. The van der Waals surface area contributed by atoms with Gasteiger partial charge in [0, 0.05) is 22.2 Å². The lowest BCUT2D eigenvalue weighted by molar-refractivity contribution is 0.0741. The van der Waals surface area contributed by atoms with Gasteiger partial charge < -0.3 is 9.88 Å². The fraction of sp³-hybridized carbons (Fsp3) is 0.125. The summed E-state index contributed by atoms with van der Waals surface area (Å²) in [5.41, 5.74) is 1.89. The van der Waals surface area contributed by atoms with Crippen molar-refractivity contribution in [3.63, 3.8) is 0 Å². The van der Waals surface area contributed by atoms with Crippen molar-refractivity contribution in [2.45, 2.75) is 13.0 Å². The van der Waals surface area contributed by atoms with E-state index in [1.165, 1.54) is 0 Å². The molecule has 0 atom stereocenters. The van der Waals surface area contributed by atoms with Crippen molar-refractivity contribution < 1.29 is 4.79 Å². The van der Waals surface area contributed by atoms with Gasteiger partial charge in [-0.05, 0) is 54.4 Å². The highest BCUT2D eigenvalue weighted by Crippen LogP contribution is 2.16. The third kappa shape index (κ3) is 5.13. The summed E-state index contributed by atoms with van der Waals surface area (Å²) in [6.07, 6.45) is 0.626. The van der Waals surface area contributed by atoms with E-state index >= 15 is 0 Å². The van der Waals surface area contributed by atoms with Crippen molar-refractivity contribution in [1.29, 1.82) is 0 Å². The second-order valence-corrected chi connectivity index (χ2v) is 8.02. The minimum absolute atomic E-state index is 0.166. The molecule has 156 valence electrons. The largest absolute Gasteiger partial charge is 0.331 e. The number of amides is 1. The Balaban J connectivity index is 1.63. The Morgan fingerprint density at radius 2 is 1.71 bits per heavy atom. The molecule has 0 unspecified atom stereocenters. The molecule has 1 amide bonds. The van der Waals surface area contributed by atoms with Crippen LogP contribution >= 0.6 is 23.2 Å². The Morgan fingerprint density at radius 3 is 2.48 bits per heavy atom. The molecule has 0 aliphatic rings. The maximum Gasteiger partial charge on any atom is 0.258 e. The van der Waals surface area contributed by atoms with Crippen LogP contribution in [0.4, 0.5) is 0 Å². The summed E-state index contributed by atoms with van der Waals surface area (Å²) in [6.45, 7) is 0.600. The number of fused-ring (bicyclic) bond motifs is 1. The summed E-state index contributed by atoms with van der Waals surface area (Å²) >= 11 is 12.1. The summed E-state index contributed by atoms with van der Waals surface area (Å²) in [5.74, 6) is 0.238. The molecule has 0 bridgehead atoms. The molecule has 31 heavy (non-hydrogen) atoms. The van der Waals surface area contributed by atoms with Gasteiger partial charge in [-0.2, -0.15) is 0 Å². The number of benzene rings is 3. The third-order valence-corrected chi connectivity index (χ3v) is 5.43. The number of para-hydroxylation sites is 1. The van der Waals surface area contributed by atoms with Crippen molar-refractivity contribution >= 4 is 40.0 Å². The second kappa shape index (κ2) is 9.33. The first-order chi connectivity index (χ1) is 15.0. The highest BCUT2D eigenvalue weighted by atomic mass is 35.5. The fourth-order valence-corrected chi connectivity index (χ4v) is 3.68. The molecule has 0 aliphatic carbocycles. The monoisotopic (exact) mass is 451 g/mol. The number of aromatic nitrogens is 2. The summed E-state index contributed by atoms with van der Waals surface area (Å²) in [6, 6.07) is 21.4. The van der Waals surface area contributed by atoms with Gasteiger partial charge in [0.1, 0.15) is 5.82 Å². The molecule has 5 nitrogen and oxygen atoms in total. The average Bonchev–Trinajstić information content (AvgIpc) is 2.77. The van der Waals surface area contributed by atoms with Crippen LogP contribution in [-0.2, 0) is 13.0 Å². The van der Waals surface area contributed by atoms with E-state index in [1.807, 2.05) is 30.3 Å². The Labute approximate surface area is 189 Å². The van der Waals surface area contributed by atoms with Crippen molar-refractivity contribution in [3.8, 4) is 0 Å². The first kappa shape index (κ1) is 21.1. The predicted molar refractivity (Wildman–Crippen MR) is 124 cm³/mol. The van der Waals surface area contributed by atoms with Gasteiger partial charge in [0.25, 0.3) is 11.5 Å². The zero-order valence-corrected chi connectivity index (χ0v) is 18.0. The molecule has 1 aromatic heterocycles. The molecule has 0 saturated carbocycles. The molecule has 1 heterocycles. The second-order valence-electron chi connectivity index (χ2n) is 7.14. The van der Waals surface area contributed by atoms with Crippen LogP contribution in [-0.4, -0.2) is 27.3 Å². The van der Waals surface area contributed by atoms with Gasteiger partial charge in [0.2, 0.25) is 0 Å². The minimum Gasteiger partial charge on any atom is -0.331 e. The Morgan fingerprint density at radius 1 is 0.935 bits per heavy atom. The number of halogens is 2. The number of carbonyl (C=O) groups is 1. The summed E-state index contributed by atoms with van der Waals surface area (Å²) in [7, 11) is 0. The molecule has 0 aliphatic heterocycles. The van der Waals surface area contributed by atoms with E-state index in [1.54, 1.807) is 47.4 Å². The lowest BCUT2D eigenvalue weighted by atomic mass is 10.1. The van der Waals surface area contributed by atoms with Crippen LogP contribution in [0.3, 0.4) is 0 Å². The van der Waals surface area contributed by atoms with Crippen LogP contribution in [0.2, 0.25) is 10.0 Å². The normalized spacial score (nSPS) is 10.9. The summed E-state index contributed by atoms with van der Waals surface area (Å²) in [5, 5.41) is 1.66. The topological polar surface area (TPSA) is 66.1 Å². The van der Waals surface area contributed by atoms with E-state index in [4.69, 9.17) is 23.2 Å². The Kier molecular flexibility index (Phi) is 6.35. The standard InChI is InChI=1S/C24H19Cl2N3O2/c25-18-10-8-16(9-11-18)12-13-29(24(31)17-4-3-5-19(26)14-17)15-22-27-21-7-2-1-6-20(21)23(30)28-22/h1-11,14H,12-13,15H2,(H,27,28,30). The van der Waals surface area contributed by atoms with Crippen LogP contribution < -0.4 is 5.56 Å². The number of H-pyrrole nitrogens is 1. The van der Waals surface area contributed by atoms with Crippen molar-refractivity contribution in [3.05, 3.63) is 110 Å². The highest BCUT2D eigenvalue weighted by molar-refractivity contribution is 6.31. The molecule has 4 aromatic rings. The van der Waals surface area contributed by atoms with Gasteiger partial charge in [-0.25, -0.2) is 4.98 Å². The van der Waals surface area contributed by atoms with Gasteiger partial charge in [-0.1, -0.05) is 53.5 Å². The van der Waals surface area contributed by atoms with E-state index in [0.29, 0.717) is 45.3 Å². The SMILES string of the molecule is O=C(c1cccc(Cl)c1)N(CCc1ccc(Cl)cc1)Cc1nc2ccccc2c(=O)[nH]1. The van der Waals surface area contributed by atoms with E-state index < -0.39 is 0 Å². The quantitative estimate of drug-likeness (QED) is 0.442. The molecule has 0 saturated heterocycles. The Bertz CT molecular complexity index is 1290. The van der Waals surface area contributed by atoms with Crippen LogP contribution in [0.1, 0.15) is 21.7 Å². The smallest absolute Gasteiger partial charge is 0.258 e. The van der Waals surface area contributed by atoms with Crippen LogP contribution in [0.5, 0.6) is 0 Å². The maximum atomic E-state index is 13.3. The maximum absolute atomic E-state index is 13.3. The fourth-order valence-electron chi connectivity index (χ4n) is 3.36. The van der Waals surface area contributed by atoms with E-state index in [2.05, 4.69) is 9.97 Å². The predicted octanol–water partition coefficient (Wildman–Crippen LogP) is 5.12. The number of hydrogen-bond donors (Lipinski definition) is 1.